The van der Waals surface area contributed by atoms with E-state index in [2.05, 4.69) is 10.6 Å². The van der Waals surface area contributed by atoms with Crippen molar-refractivity contribution in [2.45, 2.75) is 132 Å². The molecule has 3 saturated heterocycles. The topological polar surface area (TPSA) is 136 Å². The van der Waals surface area contributed by atoms with Gasteiger partial charge in [0.1, 0.15) is 11.1 Å². The van der Waals surface area contributed by atoms with Crippen molar-refractivity contribution >= 4 is 35.7 Å². The summed E-state index contributed by atoms with van der Waals surface area (Å²) in [5.74, 6) is -0.322. The van der Waals surface area contributed by atoms with Crippen LogP contribution in [0.1, 0.15) is 103 Å². The molecular formula is C27H49N5O6. The fourth-order valence-corrected chi connectivity index (χ4v) is 4.24. The number of nitrogens with one attached hydrogen (secondary N) is 2. The van der Waals surface area contributed by atoms with Crippen molar-refractivity contribution in [2.24, 2.45) is 5.92 Å². The number of nitrogens with zero attached hydrogens (tertiary/aromatic N) is 3. The molecule has 0 aromatic rings. The van der Waals surface area contributed by atoms with Gasteiger partial charge in [-0.25, -0.2) is 9.59 Å². The van der Waals surface area contributed by atoms with Crippen LogP contribution in [0.4, 0.5) is 9.59 Å². The molecule has 3 fully saturated rings. The molecule has 38 heavy (non-hydrogen) atoms. The SMILES string of the molecule is C.CC(C)N1C(=O)NC(C)(C)C1=O.CC[C@@]1(C)NC(=O)N(C(C)C)C1=O.CC[C@H]1CC(=O)N(C(C)C)C1=O. The first-order chi connectivity index (χ1) is 16.9. The molecule has 11 nitrogen and oxygen atoms in total. The first-order valence-corrected chi connectivity index (χ1v) is 13.0. The van der Waals surface area contributed by atoms with E-state index in [0.717, 1.165) is 6.42 Å². The first kappa shape index (κ1) is 35.0. The summed E-state index contributed by atoms with van der Waals surface area (Å²) in [4.78, 5) is 72.6. The molecule has 0 saturated carbocycles. The van der Waals surface area contributed by atoms with Crippen LogP contribution in [0.5, 0.6) is 0 Å². The number of hydrogen-bond donors (Lipinski definition) is 2. The van der Waals surface area contributed by atoms with E-state index in [1.165, 1.54) is 14.7 Å². The Balaban J connectivity index is 0.000000534. The predicted octanol–water partition coefficient (Wildman–Crippen LogP) is 3.66. The van der Waals surface area contributed by atoms with Gasteiger partial charge in [0.25, 0.3) is 11.8 Å². The molecule has 3 aliphatic heterocycles. The van der Waals surface area contributed by atoms with E-state index in [4.69, 9.17) is 0 Å². The average molecular weight is 540 g/mol. The molecule has 8 amide bonds. The maximum atomic E-state index is 11.8. The van der Waals surface area contributed by atoms with Crippen LogP contribution in [0, 0.1) is 5.92 Å². The predicted molar refractivity (Wildman–Crippen MR) is 146 cm³/mol. The van der Waals surface area contributed by atoms with E-state index >= 15 is 0 Å². The zero-order valence-corrected chi connectivity index (χ0v) is 24.2. The van der Waals surface area contributed by atoms with Crippen molar-refractivity contribution in [2.75, 3.05) is 0 Å². The Labute approximate surface area is 228 Å². The Morgan fingerprint density at radius 1 is 0.737 bits per heavy atom. The van der Waals surface area contributed by atoms with E-state index in [-0.39, 0.29) is 67.2 Å². The van der Waals surface area contributed by atoms with Gasteiger partial charge in [0.15, 0.2) is 0 Å². The normalized spacial score (nSPS) is 24.4. The largest absolute Gasteiger partial charge is 0.325 e. The molecule has 0 aromatic carbocycles. The smallest absolute Gasteiger partial charge is 0.324 e. The Bertz CT molecular complexity index is 929. The van der Waals surface area contributed by atoms with Crippen LogP contribution in [0.2, 0.25) is 0 Å². The lowest BCUT2D eigenvalue weighted by molar-refractivity contribution is -0.141. The van der Waals surface area contributed by atoms with Crippen LogP contribution in [0.3, 0.4) is 0 Å². The maximum Gasteiger partial charge on any atom is 0.325 e. The molecule has 2 atom stereocenters. The van der Waals surface area contributed by atoms with Gasteiger partial charge in [0.05, 0.1) is 0 Å². The number of likely N-dealkylation sites (tertiary alicyclic amines) is 1. The third kappa shape index (κ3) is 7.32. The summed E-state index contributed by atoms with van der Waals surface area (Å²) in [6.07, 6.45) is 1.81. The van der Waals surface area contributed by atoms with Crippen LogP contribution in [-0.2, 0) is 19.2 Å². The van der Waals surface area contributed by atoms with Gasteiger partial charge in [-0.15, -0.1) is 0 Å². The average Bonchev–Trinajstić information content (AvgIpc) is 3.27. The van der Waals surface area contributed by atoms with Gasteiger partial charge in [-0.1, -0.05) is 21.3 Å². The quantitative estimate of drug-likeness (QED) is 0.404. The second-order valence-corrected chi connectivity index (χ2v) is 11.2. The van der Waals surface area contributed by atoms with E-state index in [1.807, 2.05) is 55.4 Å². The zero-order valence-electron chi connectivity index (χ0n) is 24.2. The number of hydrogen-bond acceptors (Lipinski definition) is 6. The first-order valence-electron chi connectivity index (χ1n) is 13.0. The molecule has 3 rings (SSSR count). The summed E-state index contributed by atoms with van der Waals surface area (Å²) < 4.78 is 0. The van der Waals surface area contributed by atoms with Crippen LogP contribution >= 0.6 is 0 Å². The maximum absolute atomic E-state index is 11.8. The number of imide groups is 3. The lowest BCUT2D eigenvalue weighted by atomic mass is 9.99. The Morgan fingerprint density at radius 3 is 1.37 bits per heavy atom. The molecule has 2 N–H and O–H groups in total. The standard InChI is InChI=1S/C9H16N2O2.C9H15NO2.C8H14N2O2.CH4/c1-5-9(4)7(12)11(6(2)3)8(13)10-9;1-4-7-5-8(11)10(6(2)3)9(7)12;1-5(2)10-6(11)8(3,4)9-7(10)12;/h6H,5H2,1-4H3,(H,10,13);6-7H,4-5H2,1-3H3;5H,1-4H3,(H,9,12);1H4/t9-;7-;;/m10../s1. The molecular weight excluding hydrogens is 490 g/mol. The van der Waals surface area contributed by atoms with Crippen LogP contribution in [0.15, 0.2) is 0 Å². The van der Waals surface area contributed by atoms with Gasteiger partial charge in [-0.3, -0.25) is 33.9 Å². The molecule has 0 aromatic heterocycles. The summed E-state index contributed by atoms with van der Waals surface area (Å²) in [5.41, 5.74) is -1.43. The van der Waals surface area contributed by atoms with Gasteiger partial charge in [-0.2, -0.15) is 0 Å². The van der Waals surface area contributed by atoms with Gasteiger partial charge in [-0.05, 0) is 75.2 Å². The molecule has 0 spiro atoms. The summed E-state index contributed by atoms with van der Waals surface area (Å²) in [6.45, 7) is 20.0. The summed E-state index contributed by atoms with van der Waals surface area (Å²) in [5, 5.41) is 5.31. The van der Waals surface area contributed by atoms with E-state index in [0.29, 0.717) is 12.8 Å². The zero-order chi connectivity index (χ0) is 29.0. The highest BCUT2D eigenvalue weighted by atomic mass is 16.2. The Kier molecular flexibility index (Phi) is 12.2. The lowest BCUT2D eigenvalue weighted by Gasteiger charge is -2.21. The van der Waals surface area contributed by atoms with Crippen LogP contribution in [-0.4, -0.2) is 79.6 Å². The third-order valence-corrected chi connectivity index (χ3v) is 6.71. The summed E-state index contributed by atoms with van der Waals surface area (Å²) in [6, 6.07) is -0.689. The van der Waals surface area contributed by atoms with Gasteiger partial charge < -0.3 is 10.6 Å². The fourth-order valence-electron chi connectivity index (χ4n) is 4.24. The second kappa shape index (κ2) is 13.2. The molecule has 218 valence electrons. The minimum atomic E-state index is -0.735. The van der Waals surface area contributed by atoms with Crippen molar-refractivity contribution in [1.82, 2.24) is 25.3 Å². The van der Waals surface area contributed by atoms with E-state index in [9.17, 15) is 28.8 Å². The monoisotopic (exact) mass is 539 g/mol. The summed E-state index contributed by atoms with van der Waals surface area (Å²) >= 11 is 0. The molecule has 0 radical (unpaired) electrons. The fraction of sp³-hybridized carbons (Fsp3) is 0.778. The highest BCUT2D eigenvalue weighted by molar-refractivity contribution is 6.07. The molecule has 3 heterocycles. The third-order valence-electron chi connectivity index (χ3n) is 6.71. The minimum absolute atomic E-state index is 0. The number of carbonyl (C=O) groups is 6. The number of rotatable bonds is 5. The van der Waals surface area contributed by atoms with Gasteiger partial charge in [0, 0.05) is 30.5 Å². The van der Waals surface area contributed by atoms with E-state index in [1.54, 1.807) is 20.8 Å². The van der Waals surface area contributed by atoms with Crippen molar-refractivity contribution in [3.05, 3.63) is 0 Å². The van der Waals surface area contributed by atoms with Crippen molar-refractivity contribution in [3.63, 3.8) is 0 Å². The minimum Gasteiger partial charge on any atom is -0.324 e. The number of carbonyl (C=O) groups excluding carboxylic acids is 6. The van der Waals surface area contributed by atoms with Crippen molar-refractivity contribution in [1.29, 1.82) is 0 Å². The highest BCUT2D eigenvalue weighted by Crippen LogP contribution is 2.24. The molecule has 3 aliphatic rings. The molecule has 0 bridgehead atoms. The van der Waals surface area contributed by atoms with Gasteiger partial charge >= 0.3 is 12.1 Å². The van der Waals surface area contributed by atoms with Gasteiger partial charge in [0.2, 0.25) is 11.8 Å². The lowest BCUT2D eigenvalue weighted by Crippen LogP contribution is -2.43. The van der Waals surface area contributed by atoms with Crippen LogP contribution in [0.25, 0.3) is 0 Å². The van der Waals surface area contributed by atoms with Crippen molar-refractivity contribution in [3.8, 4) is 0 Å². The summed E-state index contributed by atoms with van der Waals surface area (Å²) in [7, 11) is 0. The second-order valence-electron chi connectivity index (χ2n) is 11.2. The number of amides is 8. The van der Waals surface area contributed by atoms with E-state index < -0.39 is 11.1 Å². The Hall–Kier alpha value is -2.98. The van der Waals surface area contributed by atoms with Crippen molar-refractivity contribution < 1.29 is 28.8 Å². The Morgan fingerprint density at radius 2 is 1.16 bits per heavy atom. The molecule has 11 heteroatoms. The van der Waals surface area contributed by atoms with Crippen LogP contribution < -0.4 is 10.6 Å². The number of urea groups is 2. The molecule has 0 unspecified atom stereocenters. The highest BCUT2D eigenvalue weighted by Gasteiger charge is 2.47. The molecule has 0 aliphatic carbocycles.